The van der Waals surface area contributed by atoms with Crippen molar-refractivity contribution in [2.75, 3.05) is 11.9 Å². The van der Waals surface area contributed by atoms with E-state index in [0.717, 1.165) is 0 Å². The number of anilines is 1. The molecule has 1 heteroatoms. The molecule has 0 saturated heterocycles. The van der Waals surface area contributed by atoms with Crippen LogP contribution in [0.4, 0.5) is 5.69 Å². The molecule has 0 N–H and O–H groups in total. The normalized spacial score (nSPS) is 15.7. The van der Waals surface area contributed by atoms with Gasteiger partial charge >= 0.3 is 0 Å². The van der Waals surface area contributed by atoms with Crippen LogP contribution in [0.2, 0.25) is 0 Å². The van der Waals surface area contributed by atoms with Crippen molar-refractivity contribution in [1.82, 2.24) is 0 Å². The maximum atomic E-state index is 4.29. The summed E-state index contributed by atoms with van der Waals surface area (Å²) in [7, 11) is 2.14. The molecule has 1 aromatic rings. The minimum atomic E-state index is 0.0673. The smallest absolute Gasteiger partial charge is 0.0447 e. The molecule has 1 nitrogen and oxygen atoms in total. The molecule has 1 aromatic carbocycles. The van der Waals surface area contributed by atoms with Gasteiger partial charge in [-0.25, -0.2) is 0 Å². The molecule has 0 fully saturated rings. The lowest BCUT2D eigenvalue weighted by Crippen LogP contribution is -2.21. The number of aryl methyl sites for hydroxylation is 1. The van der Waals surface area contributed by atoms with E-state index in [1.807, 2.05) is 0 Å². The zero-order valence-corrected chi connectivity index (χ0v) is 17.2. The van der Waals surface area contributed by atoms with Crippen LogP contribution in [0.5, 0.6) is 0 Å². The third-order valence-corrected chi connectivity index (χ3v) is 6.04. The van der Waals surface area contributed by atoms with Gasteiger partial charge in [0.25, 0.3) is 0 Å². The van der Waals surface area contributed by atoms with E-state index < -0.39 is 0 Å². The van der Waals surface area contributed by atoms with E-state index in [1.165, 1.54) is 93.1 Å². The Morgan fingerprint density at radius 1 is 0.880 bits per heavy atom. The van der Waals surface area contributed by atoms with Crippen LogP contribution < -0.4 is 4.90 Å². The highest BCUT2D eigenvalue weighted by Crippen LogP contribution is 2.46. The Hall–Kier alpha value is -1.24. The van der Waals surface area contributed by atoms with Crippen molar-refractivity contribution >= 4 is 5.69 Å². The van der Waals surface area contributed by atoms with E-state index in [2.05, 4.69) is 57.5 Å². The van der Waals surface area contributed by atoms with Gasteiger partial charge in [0, 0.05) is 23.8 Å². The van der Waals surface area contributed by atoms with Gasteiger partial charge in [-0.05, 0) is 30.0 Å². The number of benzene rings is 1. The summed E-state index contributed by atoms with van der Waals surface area (Å²) in [4.78, 5) is 2.25. The first-order valence-electron chi connectivity index (χ1n) is 10.5. The van der Waals surface area contributed by atoms with E-state index in [0.29, 0.717) is 0 Å². The van der Waals surface area contributed by atoms with Gasteiger partial charge in [-0.1, -0.05) is 97.3 Å². The fraction of sp³-hybridized carbons (Fsp3) is 0.667. The summed E-state index contributed by atoms with van der Waals surface area (Å²) in [6.45, 7) is 11.2. The zero-order chi connectivity index (χ0) is 18.3. The van der Waals surface area contributed by atoms with Crippen molar-refractivity contribution in [3.8, 4) is 0 Å². The van der Waals surface area contributed by atoms with Gasteiger partial charge in [-0.2, -0.15) is 0 Å². The van der Waals surface area contributed by atoms with Crippen molar-refractivity contribution < 1.29 is 0 Å². The molecule has 1 heterocycles. The van der Waals surface area contributed by atoms with Crippen LogP contribution in [0.3, 0.4) is 0 Å². The zero-order valence-electron chi connectivity index (χ0n) is 17.2. The average Bonchev–Trinajstić information content (AvgIpc) is 2.77. The predicted octanol–water partition coefficient (Wildman–Crippen LogP) is 7.39. The molecule has 0 aromatic heterocycles. The van der Waals surface area contributed by atoms with Crippen LogP contribution in [0.1, 0.15) is 96.1 Å². The second-order valence-electron chi connectivity index (χ2n) is 8.41. The van der Waals surface area contributed by atoms with E-state index in [-0.39, 0.29) is 5.41 Å². The van der Waals surface area contributed by atoms with Crippen molar-refractivity contribution in [3.63, 3.8) is 0 Å². The molecule has 0 unspecified atom stereocenters. The number of hydrogen-bond donors (Lipinski definition) is 0. The number of likely N-dealkylation sites (N-methyl/N-ethyl adjacent to an activating group) is 1. The Labute approximate surface area is 156 Å². The maximum absolute atomic E-state index is 4.29. The monoisotopic (exact) mass is 341 g/mol. The summed E-state index contributed by atoms with van der Waals surface area (Å²) in [6, 6.07) is 7.04. The Bertz CT molecular complexity index is 555. The van der Waals surface area contributed by atoms with Crippen LogP contribution in [0, 0.1) is 0 Å². The summed E-state index contributed by atoms with van der Waals surface area (Å²) >= 11 is 0. The van der Waals surface area contributed by atoms with Crippen molar-refractivity contribution in [2.45, 2.75) is 96.8 Å². The molecule has 0 saturated carbocycles. The Morgan fingerprint density at radius 2 is 1.44 bits per heavy atom. The van der Waals surface area contributed by atoms with Gasteiger partial charge in [0.15, 0.2) is 0 Å². The third-order valence-electron chi connectivity index (χ3n) is 6.04. The molecule has 0 atom stereocenters. The highest BCUT2D eigenvalue weighted by molar-refractivity contribution is 5.69. The number of hydrogen-bond acceptors (Lipinski definition) is 1. The first kappa shape index (κ1) is 20.1. The Kier molecular flexibility index (Phi) is 7.59. The molecule has 2 rings (SSSR count). The van der Waals surface area contributed by atoms with Crippen LogP contribution in [0.25, 0.3) is 0 Å². The molecule has 0 aliphatic carbocycles. The fourth-order valence-corrected chi connectivity index (χ4v) is 4.07. The Morgan fingerprint density at radius 3 is 2.04 bits per heavy atom. The van der Waals surface area contributed by atoms with Gasteiger partial charge in [-0.3, -0.25) is 0 Å². The summed E-state index contributed by atoms with van der Waals surface area (Å²) < 4.78 is 0. The SMILES string of the molecule is C=C1N(C)c2ccc(CCCCCCCCCCCC)cc2C1(C)C. The lowest BCUT2D eigenvalue weighted by molar-refractivity contribution is 0.556. The molecule has 140 valence electrons. The molecule has 0 amide bonds. The number of fused-ring (bicyclic) bond motifs is 1. The summed E-state index contributed by atoms with van der Waals surface area (Å²) in [5.41, 5.74) is 5.55. The van der Waals surface area contributed by atoms with Crippen LogP contribution >= 0.6 is 0 Å². The highest BCUT2D eigenvalue weighted by atomic mass is 15.1. The van der Waals surface area contributed by atoms with Crippen molar-refractivity contribution in [1.29, 1.82) is 0 Å². The summed E-state index contributed by atoms with van der Waals surface area (Å²) in [5.74, 6) is 0. The first-order chi connectivity index (χ1) is 12.0. The second-order valence-corrected chi connectivity index (χ2v) is 8.41. The molecule has 1 aliphatic heterocycles. The van der Waals surface area contributed by atoms with Crippen molar-refractivity contribution in [3.05, 3.63) is 41.6 Å². The predicted molar refractivity (Wildman–Crippen MR) is 113 cm³/mol. The third kappa shape index (κ3) is 5.12. The average molecular weight is 342 g/mol. The van der Waals surface area contributed by atoms with Gasteiger partial charge in [0.1, 0.15) is 0 Å². The number of unbranched alkanes of at least 4 members (excludes halogenated alkanes) is 9. The van der Waals surface area contributed by atoms with Gasteiger partial charge < -0.3 is 4.90 Å². The van der Waals surface area contributed by atoms with Gasteiger partial charge in [0.05, 0.1) is 0 Å². The molecule has 0 spiro atoms. The van der Waals surface area contributed by atoms with Crippen LogP contribution in [0.15, 0.2) is 30.5 Å². The maximum Gasteiger partial charge on any atom is 0.0447 e. The van der Waals surface area contributed by atoms with E-state index >= 15 is 0 Å². The number of nitrogens with zero attached hydrogens (tertiary/aromatic N) is 1. The standard InChI is InChI=1S/C24H39N/c1-6-7-8-9-10-11-12-13-14-15-16-21-17-18-23-22(19-21)24(3,4)20(2)25(23)5/h17-19H,2,6-16H2,1,3-5H3. The molecule has 25 heavy (non-hydrogen) atoms. The molecular weight excluding hydrogens is 302 g/mol. The van der Waals surface area contributed by atoms with Crippen LogP contribution in [-0.4, -0.2) is 7.05 Å². The minimum Gasteiger partial charge on any atom is -0.348 e. The number of allylic oxidation sites excluding steroid dienone is 1. The lowest BCUT2D eigenvalue weighted by Gasteiger charge is -2.22. The van der Waals surface area contributed by atoms with Crippen molar-refractivity contribution in [2.24, 2.45) is 0 Å². The number of rotatable bonds is 11. The first-order valence-corrected chi connectivity index (χ1v) is 10.5. The summed E-state index contributed by atoms with van der Waals surface area (Å²) in [6.07, 6.45) is 15.3. The quantitative estimate of drug-likeness (QED) is 0.379. The Balaban J connectivity index is 1.68. The molecule has 0 radical (unpaired) electrons. The lowest BCUT2D eigenvalue weighted by atomic mass is 9.83. The van der Waals surface area contributed by atoms with Crippen LogP contribution in [-0.2, 0) is 11.8 Å². The van der Waals surface area contributed by atoms with E-state index in [1.54, 1.807) is 0 Å². The molecular formula is C24H39N. The topological polar surface area (TPSA) is 3.24 Å². The second kappa shape index (κ2) is 9.46. The molecule has 1 aliphatic rings. The highest BCUT2D eigenvalue weighted by Gasteiger charge is 2.37. The fourth-order valence-electron chi connectivity index (χ4n) is 4.07. The molecule has 0 bridgehead atoms. The van der Waals surface area contributed by atoms with E-state index in [9.17, 15) is 0 Å². The van der Waals surface area contributed by atoms with E-state index in [4.69, 9.17) is 0 Å². The summed E-state index contributed by atoms with van der Waals surface area (Å²) in [5, 5.41) is 0. The minimum absolute atomic E-state index is 0.0673. The largest absolute Gasteiger partial charge is 0.348 e. The van der Waals surface area contributed by atoms with Gasteiger partial charge in [0.2, 0.25) is 0 Å². The van der Waals surface area contributed by atoms with Gasteiger partial charge in [-0.15, -0.1) is 0 Å².